The first-order valence-electron chi connectivity index (χ1n) is 8.85. The SMILES string of the molecule is CCc1nccn1CCC(=O)N1CC(=O)N(c2ccc(Cl)cc2)CC1C. The zero-order valence-corrected chi connectivity index (χ0v) is 15.8. The summed E-state index contributed by atoms with van der Waals surface area (Å²) in [6, 6.07) is 7.15. The van der Waals surface area contributed by atoms with E-state index in [0.29, 0.717) is 24.5 Å². The number of hydrogen-bond donors (Lipinski definition) is 0. The molecule has 1 aromatic carbocycles. The Morgan fingerprint density at radius 2 is 2.04 bits per heavy atom. The van der Waals surface area contributed by atoms with Crippen LogP contribution in [0.5, 0.6) is 0 Å². The van der Waals surface area contributed by atoms with Crippen LogP contribution in [-0.4, -0.2) is 45.4 Å². The minimum absolute atomic E-state index is 0.00245. The molecule has 1 saturated heterocycles. The smallest absolute Gasteiger partial charge is 0.246 e. The molecule has 3 rings (SSSR count). The fraction of sp³-hybridized carbons (Fsp3) is 0.421. The molecule has 6 nitrogen and oxygen atoms in total. The van der Waals surface area contributed by atoms with E-state index >= 15 is 0 Å². The number of carbonyl (C=O) groups is 2. The second kappa shape index (κ2) is 7.91. The molecule has 1 unspecified atom stereocenters. The number of nitrogens with zero attached hydrogens (tertiary/aromatic N) is 4. The van der Waals surface area contributed by atoms with E-state index < -0.39 is 0 Å². The number of benzene rings is 1. The van der Waals surface area contributed by atoms with Gasteiger partial charge in [0.05, 0.1) is 0 Å². The molecule has 0 bridgehead atoms. The van der Waals surface area contributed by atoms with Crippen LogP contribution in [0.15, 0.2) is 36.7 Å². The third-order valence-electron chi connectivity index (χ3n) is 4.73. The number of carbonyl (C=O) groups excluding carboxylic acids is 2. The Bertz CT molecular complexity index is 787. The van der Waals surface area contributed by atoms with Gasteiger partial charge in [-0.2, -0.15) is 0 Å². The van der Waals surface area contributed by atoms with Crippen LogP contribution in [0.2, 0.25) is 5.02 Å². The monoisotopic (exact) mass is 374 g/mol. The van der Waals surface area contributed by atoms with Gasteiger partial charge in [-0.25, -0.2) is 4.98 Å². The number of halogens is 1. The summed E-state index contributed by atoms with van der Waals surface area (Å²) in [6.07, 6.45) is 4.83. The van der Waals surface area contributed by atoms with Crippen molar-refractivity contribution in [2.75, 3.05) is 18.0 Å². The highest BCUT2D eigenvalue weighted by Gasteiger charge is 2.32. The maximum atomic E-state index is 12.6. The number of hydrogen-bond acceptors (Lipinski definition) is 3. The first-order valence-corrected chi connectivity index (χ1v) is 9.22. The van der Waals surface area contributed by atoms with Crippen molar-refractivity contribution in [2.45, 2.75) is 39.3 Å². The summed E-state index contributed by atoms with van der Waals surface area (Å²) < 4.78 is 1.99. The molecule has 7 heteroatoms. The van der Waals surface area contributed by atoms with Crippen molar-refractivity contribution in [1.29, 1.82) is 0 Å². The summed E-state index contributed by atoms with van der Waals surface area (Å²) in [5, 5.41) is 0.633. The number of aromatic nitrogens is 2. The van der Waals surface area contributed by atoms with Crippen molar-refractivity contribution in [2.24, 2.45) is 0 Å². The van der Waals surface area contributed by atoms with E-state index in [1.807, 2.05) is 36.7 Å². The zero-order valence-electron chi connectivity index (χ0n) is 15.1. The van der Waals surface area contributed by atoms with Gasteiger partial charge in [-0.15, -0.1) is 0 Å². The van der Waals surface area contributed by atoms with Gasteiger partial charge < -0.3 is 14.4 Å². The van der Waals surface area contributed by atoms with E-state index in [4.69, 9.17) is 11.6 Å². The fourth-order valence-corrected chi connectivity index (χ4v) is 3.40. The summed E-state index contributed by atoms with van der Waals surface area (Å²) in [6.45, 7) is 5.18. The molecule has 0 N–H and O–H groups in total. The van der Waals surface area contributed by atoms with E-state index in [1.165, 1.54) is 0 Å². The quantitative estimate of drug-likeness (QED) is 0.808. The number of anilines is 1. The van der Waals surface area contributed by atoms with Crippen LogP contribution >= 0.6 is 11.6 Å². The van der Waals surface area contributed by atoms with Gasteiger partial charge in [-0.05, 0) is 31.2 Å². The van der Waals surface area contributed by atoms with Crippen LogP contribution in [0.25, 0.3) is 0 Å². The average molecular weight is 375 g/mol. The molecule has 0 saturated carbocycles. The van der Waals surface area contributed by atoms with Crippen molar-refractivity contribution in [3.63, 3.8) is 0 Å². The molecule has 2 heterocycles. The van der Waals surface area contributed by atoms with E-state index in [2.05, 4.69) is 4.98 Å². The van der Waals surface area contributed by atoms with Crippen molar-refractivity contribution < 1.29 is 9.59 Å². The molecule has 2 aromatic rings. The predicted molar refractivity (Wildman–Crippen MR) is 101 cm³/mol. The van der Waals surface area contributed by atoms with Gasteiger partial charge in [-0.3, -0.25) is 9.59 Å². The fourth-order valence-electron chi connectivity index (χ4n) is 3.27. The van der Waals surface area contributed by atoms with Crippen molar-refractivity contribution in [1.82, 2.24) is 14.5 Å². The van der Waals surface area contributed by atoms with Crippen LogP contribution in [0.3, 0.4) is 0 Å². The van der Waals surface area contributed by atoms with Crippen LogP contribution in [0.4, 0.5) is 5.69 Å². The average Bonchev–Trinajstić information content (AvgIpc) is 3.09. The lowest BCUT2D eigenvalue weighted by molar-refractivity contribution is -0.139. The number of amides is 2. The van der Waals surface area contributed by atoms with E-state index in [9.17, 15) is 9.59 Å². The Labute approximate surface area is 158 Å². The van der Waals surface area contributed by atoms with E-state index in [0.717, 1.165) is 17.9 Å². The van der Waals surface area contributed by atoms with Crippen LogP contribution in [0, 0.1) is 0 Å². The Balaban J connectivity index is 1.62. The maximum Gasteiger partial charge on any atom is 0.246 e. The standard InChI is InChI=1S/C19H23ClN4O2/c1-3-17-21-9-11-22(17)10-8-18(25)23-13-19(26)24(12-14(23)2)16-6-4-15(20)5-7-16/h4-7,9,11,14H,3,8,10,12-13H2,1-2H3. The highest BCUT2D eigenvalue weighted by atomic mass is 35.5. The van der Waals surface area contributed by atoms with E-state index in [1.54, 1.807) is 28.1 Å². The molecular weight excluding hydrogens is 352 g/mol. The highest BCUT2D eigenvalue weighted by molar-refractivity contribution is 6.30. The third kappa shape index (κ3) is 3.90. The summed E-state index contributed by atoms with van der Waals surface area (Å²) in [4.78, 5) is 32.9. The van der Waals surface area contributed by atoms with Crippen molar-refractivity contribution >= 4 is 29.1 Å². The molecule has 1 fully saturated rings. The molecule has 0 spiro atoms. The van der Waals surface area contributed by atoms with Crippen LogP contribution < -0.4 is 4.90 Å². The lowest BCUT2D eigenvalue weighted by atomic mass is 10.1. The summed E-state index contributed by atoms with van der Waals surface area (Å²) in [5.41, 5.74) is 0.810. The van der Waals surface area contributed by atoms with Gasteiger partial charge >= 0.3 is 0 Å². The summed E-state index contributed by atoms with van der Waals surface area (Å²) >= 11 is 5.92. The first kappa shape index (κ1) is 18.5. The normalized spacial score (nSPS) is 17.7. The number of imidazole rings is 1. The van der Waals surface area contributed by atoms with Gasteiger partial charge in [0, 0.05) is 55.1 Å². The molecule has 0 aliphatic carbocycles. The number of rotatable bonds is 5. The first-order chi connectivity index (χ1) is 12.5. The third-order valence-corrected chi connectivity index (χ3v) is 4.98. The zero-order chi connectivity index (χ0) is 18.7. The van der Waals surface area contributed by atoms with Gasteiger partial charge in [0.15, 0.2) is 0 Å². The molecule has 1 aliphatic rings. The Kier molecular flexibility index (Phi) is 5.61. The molecule has 26 heavy (non-hydrogen) atoms. The Hall–Kier alpha value is -2.34. The Morgan fingerprint density at radius 1 is 1.31 bits per heavy atom. The highest BCUT2D eigenvalue weighted by Crippen LogP contribution is 2.22. The lowest BCUT2D eigenvalue weighted by Crippen LogP contribution is -2.57. The summed E-state index contributed by atoms with van der Waals surface area (Å²) in [7, 11) is 0. The molecule has 1 atom stereocenters. The minimum Gasteiger partial charge on any atom is -0.334 e. The van der Waals surface area contributed by atoms with Gasteiger partial charge in [0.2, 0.25) is 11.8 Å². The van der Waals surface area contributed by atoms with Gasteiger partial charge in [0.1, 0.15) is 12.4 Å². The summed E-state index contributed by atoms with van der Waals surface area (Å²) in [5.74, 6) is 0.891. The lowest BCUT2D eigenvalue weighted by Gasteiger charge is -2.39. The molecular formula is C19H23ClN4O2. The van der Waals surface area contributed by atoms with Gasteiger partial charge in [-0.1, -0.05) is 18.5 Å². The number of piperazine rings is 1. The molecule has 138 valence electrons. The largest absolute Gasteiger partial charge is 0.334 e. The van der Waals surface area contributed by atoms with Gasteiger partial charge in [0.25, 0.3) is 0 Å². The molecule has 1 aliphatic heterocycles. The molecule has 0 radical (unpaired) electrons. The topological polar surface area (TPSA) is 58.4 Å². The number of aryl methyl sites for hydroxylation is 2. The van der Waals surface area contributed by atoms with E-state index in [-0.39, 0.29) is 24.4 Å². The Morgan fingerprint density at radius 3 is 2.73 bits per heavy atom. The molecule has 2 amide bonds. The van der Waals surface area contributed by atoms with Crippen molar-refractivity contribution in [3.8, 4) is 0 Å². The predicted octanol–water partition coefficient (Wildman–Crippen LogP) is 2.75. The molecule has 1 aromatic heterocycles. The van der Waals surface area contributed by atoms with Crippen LogP contribution in [0.1, 0.15) is 26.1 Å². The minimum atomic E-state index is -0.0735. The van der Waals surface area contributed by atoms with Crippen LogP contribution in [-0.2, 0) is 22.6 Å². The van der Waals surface area contributed by atoms with Crippen molar-refractivity contribution in [3.05, 3.63) is 47.5 Å². The maximum absolute atomic E-state index is 12.6. The second-order valence-corrected chi connectivity index (χ2v) is 6.93. The second-order valence-electron chi connectivity index (χ2n) is 6.49.